The Morgan fingerprint density at radius 3 is 1.52 bits per heavy atom. The zero-order chi connectivity index (χ0) is 31.8. The topological polar surface area (TPSA) is 54.0 Å². The number of carbonyl (C=O) groups is 1. The zero-order valence-electron chi connectivity index (χ0n) is 28.5. The largest absolute Gasteiger partial charge is 0.457 e. The van der Waals surface area contributed by atoms with Crippen LogP contribution in [0.25, 0.3) is 0 Å². The number of rotatable bonds is 9. The number of hydrogen-bond donors (Lipinski definition) is 0. The molecule has 0 aromatic heterocycles. The molecular weight excluding hydrogens is 573 g/mol. The maximum atomic E-state index is 13.2. The molecule has 1 saturated heterocycles. The van der Waals surface area contributed by atoms with Gasteiger partial charge in [-0.1, -0.05) is 123 Å². The Morgan fingerprint density at radius 1 is 0.690 bits per heavy atom. The first-order valence-corrected chi connectivity index (χ1v) is 23.1. The number of benzene rings is 2. The van der Waals surface area contributed by atoms with E-state index in [1.165, 1.54) is 10.4 Å². The molecule has 1 heterocycles. The van der Waals surface area contributed by atoms with E-state index in [4.69, 9.17) is 18.0 Å². The predicted octanol–water partition coefficient (Wildman–Crippen LogP) is 7.66. The highest BCUT2D eigenvalue weighted by Gasteiger charge is 2.54. The molecule has 0 amide bonds. The van der Waals surface area contributed by atoms with Gasteiger partial charge in [0.1, 0.15) is 6.10 Å². The number of cyclic esters (lactones) is 1. The van der Waals surface area contributed by atoms with Gasteiger partial charge >= 0.3 is 5.97 Å². The summed E-state index contributed by atoms with van der Waals surface area (Å²) in [5, 5.41) is 2.18. The molecule has 0 spiro atoms. The minimum atomic E-state index is -2.85. The summed E-state index contributed by atoms with van der Waals surface area (Å²) in [6, 6.07) is 21.2. The Hall–Kier alpha value is -1.56. The standard InChI is InChI=1S/C34H56O5Si3/c1-32(2,3)40(10,11)38-28-24-30(35)37-29(31(28)39-41(12,13)33(4,5)6)25-36-42(34(7,8)9,26-20-16-14-17-21-26)27-22-18-15-19-23-27/h14-23,28-29,31H,24-25H2,1-13H3/t28-,29-,31-/m1/s1. The van der Waals surface area contributed by atoms with Crippen molar-refractivity contribution in [1.29, 1.82) is 0 Å². The zero-order valence-corrected chi connectivity index (χ0v) is 31.5. The van der Waals surface area contributed by atoms with Crippen molar-refractivity contribution in [3.05, 3.63) is 60.7 Å². The van der Waals surface area contributed by atoms with Crippen molar-refractivity contribution < 1.29 is 22.8 Å². The quantitative estimate of drug-likeness (QED) is 0.211. The summed E-state index contributed by atoms with van der Waals surface area (Å²) in [5.74, 6) is -0.246. The summed E-state index contributed by atoms with van der Waals surface area (Å²) in [5.41, 5.74) is 0. The van der Waals surface area contributed by atoms with Crippen LogP contribution in [0.1, 0.15) is 68.7 Å². The van der Waals surface area contributed by atoms with Crippen LogP contribution in [0.2, 0.25) is 41.3 Å². The number of carbonyl (C=O) groups excluding carboxylic acids is 1. The van der Waals surface area contributed by atoms with Crippen molar-refractivity contribution in [3.63, 3.8) is 0 Å². The number of ether oxygens (including phenoxy) is 1. The van der Waals surface area contributed by atoms with Crippen LogP contribution < -0.4 is 10.4 Å². The highest BCUT2D eigenvalue weighted by Crippen LogP contribution is 2.43. The van der Waals surface area contributed by atoms with Crippen LogP contribution in [0.4, 0.5) is 0 Å². The summed E-state index contributed by atoms with van der Waals surface area (Å²) in [6.45, 7) is 29.4. The van der Waals surface area contributed by atoms with Crippen LogP contribution in [0.3, 0.4) is 0 Å². The number of esters is 1. The van der Waals surface area contributed by atoms with Crippen molar-refractivity contribution in [3.8, 4) is 0 Å². The molecule has 1 aliphatic heterocycles. The van der Waals surface area contributed by atoms with Gasteiger partial charge in [-0.2, -0.15) is 0 Å². The van der Waals surface area contributed by atoms with Crippen LogP contribution in [0, 0.1) is 0 Å². The first-order valence-electron chi connectivity index (χ1n) is 15.4. The SMILES string of the molecule is CC(C)(C)[Si](C)(C)O[C@H]1[C@@H](CO[Si](c2ccccc2)(c2ccccc2)C(C)(C)C)OC(=O)C[C@H]1O[Si](C)(C)C(C)(C)C. The normalized spacial score (nSPS) is 21.3. The fourth-order valence-corrected chi connectivity index (χ4v) is 12.5. The van der Waals surface area contributed by atoms with E-state index >= 15 is 0 Å². The minimum Gasteiger partial charge on any atom is -0.457 e. The number of hydrogen-bond acceptors (Lipinski definition) is 5. The van der Waals surface area contributed by atoms with Gasteiger partial charge in [-0.3, -0.25) is 4.79 Å². The van der Waals surface area contributed by atoms with E-state index < -0.39 is 37.2 Å². The third-order valence-electron chi connectivity index (χ3n) is 9.75. The Labute approximate surface area is 259 Å². The van der Waals surface area contributed by atoms with Gasteiger partial charge in [-0.05, 0) is 51.7 Å². The van der Waals surface area contributed by atoms with E-state index in [0.717, 1.165) is 0 Å². The molecule has 0 radical (unpaired) electrons. The lowest BCUT2D eigenvalue weighted by Crippen LogP contribution is -2.68. The van der Waals surface area contributed by atoms with Crippen LogP contribution in [0.15, 0.2) is 60.7 Å². The van der Waals surface area contributed by atoms with Gasteiger partial charge < -0.3 is 18.0 Å². The van der Waals surface area contributed by atoms with Crippen LogP contribution in [0.5, 0.6) is 0 Å². The molecule has 0 bridgehead atoms. The lowest BCUT2D eigenvalue weighted by molar-refractivity contribution is -0.178. The summed E-state index contributed by atoms with van der Waals surface area (Å²) in [6.07, 6.45) is -1.16. The van der Waals surface area contributed by atoms with E-state index in [9.17, 15) is 4.79 Å². The first kappa shape index (κ1) is 34.9. The second kappa shape index (κ2) is 12.4. The average Bonchev–Trinajstić information content (AvgIpc) is 2.85. The van der Waals surface area contributed by atoms with Gasteiger partial charge in [0.25, 0.3) is 8.32 Å². The summed E-state index contributed by atoms with van der Waals surface area (Å²) in [4.78, 5) is 13.2. The molecular formula is C34H56O5Si3. The summed E-state index contributed by atoms with van der Waals surface area (Å²) < 4.78 is 27.5. The van der Waals surface area contributed by atoms with Crippen LogP contribution in [-0.4, -0.2) is 55.8 Å². The molecule has 0 saturated carbocycles. The molecule has 5 nitrogen and oxygen atoms in total. The molecule has 0 aliphatic carbocycles. The molecule has 0 unspecified atom stereocenters. The van der Waals surface area contributed by atoms with Crippen LogP contribution >= 0.6 is 0 Å². The summed E-state index contributed by atoms with van der Waals surface area (Å²) in [7, 11) is -7.32. The van der Waals surface area contributed by atoms with Crippen molar-refractivity contribution in [2.75, 3.05) is 6.61 Å². The minimum absolute atomic E-state index is 0.00318. The van der Waals surface area contributed by atoms with E-state index in [1.54, 1.807) is 0 Å². The highest BCUT2D eigenvalue weighted by molar-refractivity contribution is 6.99. The Bertz CT molecular complexity index is 1140. The third-order valence-corrected chi connectivity index (χ3v) is 23.7. The molecule has 2 aromatic carbocycles. The van der Waals surface area contributed by atoms with Crippen molar-refractivity contribution in [2.45, 2.75) is 128 Å². The van der Waals surface area contributed by atoms with Gasteiger partial charge in [0, 0.05) is 0 Å². The molecule has 2 aromatic rings. The molecule has 1 fully saturated rings. The molecule has 42 heavy (non-hydrogen) atoms. The molecule has 234 valence electrons. The molecule has 1 aliphatic rings. The van der Waals surface area contributed by atoms with E-state index in [2.05, 4.69) is 137 Å². The monoisotopic (exact) mass is 628 g/mol. The Kier molecular flexibility index (Phi) is 10.3. The van der Waals surface area contributed by atoms with Crippen molar-refractivity contribution in [2.24, 2.45) is 0 Å². The second-order valence-corrected chi connectivity index (χ2v) is 29.8. The molecule has 8 heteroatoms. The Morgan fingerprint density at radius 2 is 1.12 bits per heavy atom. The second-order valence-electron chi connectivity index (χ2n) is 16.0. The van der Waals surface area contributed by atoms with E-state index in [-0.39, 0.29) is 40.2 Å². The molecule has 3 atom stereocenters. The molecule has 0 N–H and O–H groups in total. The molecule has 3 rings (SSSR count). The van der Waals surface area contributed by atoms with Gasteiger partial charge in [0.05, 0.1) is 19.1 Å². The van der Waals surface area contributed by atoms with Crippen molar-refractivity contribution >= 4 is 41.3 Å². The maximum absolute atomic E-state index is 13.2. The van der Waals surface area contributed by atoms with Crippen LogP contribution in [-0.2, 0) is 22.8 Å². The van der Waals surface area contributed by atoms with Gasteiger partial charge in [0.15, 0.2) is 22.7 Å². The Balaban J connectivity index is 2.11. The predicted molar refractivity (Wildman–Crippen MR) is 182 cm³/mol. The fraction of sp³-hybridized carbons (Fsp3) is 0.618. The van der Waals surface area contributed by atoms with Crippen molar-refractivity contribution in [1.82, 2.24) is 0 Å². The van der Waals surface area contributed by atoms with Gasteiger partial charge in [-0.25, -0.2) is 0 Å². The van der Waals surface area contributed by atoms with Gasteiger partial charge in [0.2, 0.25) is 0 Å². The average molecular weight is 629 g/mol. The lowest BCUT2D eigenvalue weighted by Gasteiger charge is -2.49. The fourth-order valence-electron chi connectivity index (χ4n) is 5.23. The smallest absolute Gasteiger partial charge is 0.308 e. The highest BCUT2D eigenvalue weighted by atomic mass is 28.4. The maximum Gasteiger partial charge on any atom is 0.308 e. The first-order chi connectivity index (χ1) is 19.1. The lowest BCUT2D eigenvalue weighted by atomic mass is 10.0. The van der Waals surface area contributed by atoms with Gasteiger partial charge in [-0.15, -0.1) is 0 Å². The van der Waals surface area contributed by atoms with E-state index in [1.807, 2.05) is 12.1 Å². The third kappa shape index (κ3) is 7.38. The van der Waals surface area contributed by atoms with E-state index in [0.29, 0.717) is 0 Å². The summed E-state index contributed by atoms with van der Waals surface area (Å²) >= 11 is 0.